The Hall–Kier alpha value is -1.98. The molecule has 3 unspecified atom stereocenters. The number of cyclic esters (lactones) is 1. The lowest BCUT2D eigenvalue weighted by molar-refractivity contribution is 0.125. The van der Waals surface area contributed by atoms with Gasteiger partial charge in [-0.1, -0.05) is 81.1 Å². The summed E-state index contributed by atoms with van der Waals surface area (Å²) in [4.78, 5) is 25.5. The van der Waals surface area contributed by atoms with E-state index in [1.165, 1.54) is 7.28 Å². The minimum absolute atomic E-state index is 0.142. The first-order valence-corrected chi connectivity index (χ1v) is 10.2. The number of hydrogen-bond acceptors (Lipinski definition) is 3. The zero-order chi connectivity index (χ0) is 19.1. The minimum atomic E-state index is -0.819. The summed E-state index contributed by atoms with van der Waals surface area (Å²) in [7, 11) is 1.46. The Labute approximate surface area is 162 Å². The Balaban J connectivity index is 1.61. The highest BCUT2D eigenvalue weighted by atomic mass is 16.6. The summed E-state index contributed by atoms with van der Waals surface area (Å²) in [6.45, 7) is 0.609. The molecule has 6 heteroatoms. The van der Waals surface area contributed by atoms with Gasteiger partial charge in [-0.15, -0.1) is 0 Å². The fraction of sp³-hybridized carbons (Fsp3) is 0.619. The van der Waals surface area contributed by atoms with E-state index >= 15 is 0 Å². The SMILES string of the molecule is O=C(O)[B]C1CCCCCCC(N2CC(c3ccccc3)OC2=O)CCC1. The van der Waals surface area contributed by atoms with Crippen LogP contribution in [0, 0.1) is 0 Å². The highest BCUT2D eigenvalue weighted by Crippen LogP contribution is 2.32. The van der Waals surface area contributed by atoms with Crippen molar-refractivity contribution in [2.45, 2.75) is 75.8 Å². The van der Waals surface area contributed by atoms with Crippen molar-refractivity contribution >= 4 is 19.2 Å². The topological polar surface area (TPSA) is 66.8 Å². The Morgan fingerprint density at radius 3 is 2.41 bits per heavy atom. The number of carbonyl (C=O) groups is 2. The number of rotatable bonds is 4. The van der Waals surface area contributed by atoms with Crippen LogP contribution in [0.4, 0.5) is 9.59 Å². The van der Waals surface area contributed by atoms with E-state index in [1.807, 2.05) is 35.2 Å². The molecule has 2 aliphatic rings. The zero-order valence-electron chi connectivity index (χ0n) is 15.9. The second-order valence-electron chi connectivity index (χ2n) is 7.78. The molecule has 0 bridgehead atoms. The lowest BCUT2D eigenvalue weighted by Gasteiger charge is -2.26. The van der Waals surface area contributed by atoms with Gasteiger partial charge in [0.2, 0.25) is 5.87 Å². The minimum Gasteiger partial charge on any atom is -0.490 e. The van der Waals surface area contributed by atoms with Gasteiger partial charge in [0.1, 0.15) is 6.10 Å². The molecule has 1 amide bonds. The van der Waals surface area contributed by atoms with E-state index in [4.69, 9.17) is 9.84 Å². The van der Waals surface area contributed by atoms with Gasteiger partial charge in [-0.3, -0.25) is 4.79 Å². The van der Waals surface area contributed by atoms with Gasteiger partial charge in [-0.05, 0) is 18.4 Å². The van der Waals surface area contributed by atoms with Gasteiger partial charge >= 0.3 is 6.09 Å². The molecule has 1 aromatic carbocycles. The fourth-order valence-corrected chi connectivity index (χ4v) is 4.34. The van der Waals surface area contributed by atoms with Gasteiger partial charge in [0.25, 0.3) is 7.28 Å². The lowest BCUT2D eigenvalue weighted by atomic mass is 9.61. The van der Waals surface area contributed by atoms with Gasteiger partial charge in [-0.2, -0.15) is 0 Å². The van der Waals surface area contributed by atoms with Crippen molar-refractivity contribution in [3.63, 3.8) is 0 Å². The van der Waals surface area contributed by atoms with Crippen molar-refractivity contribution in [3.8, 4) is 0 Å². The number of hydrogen-bond donors (Lipinski definition) is 1. The number of benzene rings is 1. The normalized spacial score (nSPS) is 27.5. The molecule has 1 saturated carbocycles. The van der Waals surface area contributed by atoms with E-state index < -0.39 is 5.87 Å². The smallest absolute Gasteiger partial charge is 0.410 e. The molecule has 1 radical (unpaired) electrons. The largest absolute Gasteiger partial charge is 0.490 e. The number of carbonyl (C=O) groups excluding carboxylic acids is 1. The van der Waals surface area contributed by atoms with Crippen LogP contribution in [0.5, 0.6) is 0 Å². The van der Waals surface area contributed by atoms with E-state index in [-0.39, 0.29) is 24.1 Å². The van der Waals surface area contributed by atoms with Crippen LogP contribution in [0.2, 0.25) is 5.82 Å². The van der Waals surface area contributed by atoms with Crippen LogP contribution >= 0.6 is 0 Å². The zero-order valence-corrected chi connectivity index (χ0v) is 15.9. The monoisotopic (exact) mass is 370 g/mol. The van der Waals surface area contributed by atoms with Gasteiger partial charge in [0.15, 0.2) is 0 Å². The molecule has 1 saturated heterocycles. The molecule has 1 N–H and O–H groups in total. The lowest BCUT2D eigenvalue weighted by Crippen LogP contribution is -2.36. The Morgan fingerprint density at radius 2 is 1.67 bits per heavy atom. The molecule has 27 heavy (non-hydrogen) atoms. The van der Waals surface area contributed by atoms with E-state index in [0.29, 0.717) is 6.54 Å². The van der Waals surface area contributed by atoms with E-state index in [9.17, 15) is 9.59 Å². The summed E-state index contributed by atoms with van der Waals surface area (Å²) in [5, 5.41) is 9.08. The Bertz CT molecular complexity index is 624. The van der Waals surface area contributed by atoms with Crippen molar-refractivity contribution in [2.24, 2.45) is 0 Å². The third kappa shape index (κ3) is 5.75. The summed E-state index contributed by atoms with van der Waals surface area (Å²) in [6, 6.07) is 10.1. The van der Waals surface area contributed by atoms with Crippen molar-refractivity contribution in [1.82, 2.24) is 4.90 Å². The van der Waals surface area contributed by atoms with Crippen LogP contribution in [0.1, 0.15) is 69.5 Å². The molecule has 1 aliphatic heterocycles. The predicted octanol–water partition coefficient (Wildman–Crippen LogP) is 5.24. The van der Waals surface area contributed by atoms with Crippen LogP contribution < -0.4 is 0 Å². The predicted molar refractivity (Wildman–Crippen MR) is 105 cm³/mol. The molecule has 5 nitrogen and oxygen atoms in total. The molecule has 3 atom stereocenters. The number of amides is 1. The van der Waals surface area contributed by atoms with Gasteiger partial charge in [0, 0.05) is 6.04 Å². The van der Waals surface area contributed by atoms with Crippen molar-refractivity contribution in [1.29, 1.82) is 0 Å². The first kappa shape index (κ1) is 19.8. The maximum Gasteiger partial charge on any atom is 0.410 e. The summed E-state index contributed by atoms with van der Waals surface area (Å²) in [6.07, 6.45) is 8.77. The summed E-state index contributed by atoms with van der Waals surface area (Å²) in [5.74, 6) is -0.677. The average molecular weight is 370 g/mol. The Kier molecular flexibility index (Phi) is 7.19. The molecular weight excluding hydrogens is 341 g/mol. The molecule has 2 fully saturated rings. The Morgan fingerprint density at radius 1 is 1.00 bits per heavy atom. The third-order valence-electron chi connectivity index (χ3n) is 5.81. The molecule has 3 rings (SSSR count). The van der Waals surface area contributed by atoms with Crippen molar-refractivity contribution in [2.75, 3.05) is 6.54 Å². The van der Waals surface area contributed by atoms with E-state index in [0.717, 1.165) is 63.4 Å². The molecule has 0 spiro atoms. The molecule has 145 valence electrons. The third-order valence-corrected chi connectivity index (χ3v) is 5.81. The van der Waals surface area contributed by atoms with Crippen LogP contribution in [0.3, 0.4) is 0 Å². The maximum absolute atomic E-state index is 12.5. The first-order valence-electron chi connectivity index (χ1n) is 10.2. The molecule has 1 aliphatic carbocycles. The number of nitrogens with zero attached hydrogens (tertiary/aromatic N) is 1. The van der Waals surface area contributed by atoms with Gasteiger partial charge in [0.05, 0.1) is 6.54 Å². The highest BCUT2D eigenvalue weighted by molar-refractivity contribution is 6.72. The van der Waals surface area contributed by atoms with Crippen LogP contribution in [0.15, 0.2) is 30.3 Å². The van der Waals surface area contributed by atoms with Crippen LogP contribution in [-0.2, 0) is 4.74 Å². The first-order chi connectivity index (χ1) is 13.1. The summed E-state index contributed by atoms with van der Waals surface area (Å²) < 4.78 is 5.64. The summed E-state index contributed by atoms with van der Waals surface area (Å²) >= 11 is 0. The standard InChI is InChI=1S/C21H29BNO4/c24-20(25)22-17-11-6-1-2-7-13-18(14-8-12-17)23-15-19(27-21(23)26)16-9-4-3-5-10-16/h3-5,9-10,17-19H,1-2,6-8,11-15H2,(H,24,25). The summed E-state index contributed by atoms with van der Waals surface area (Å²) in [5.41, 5.74) is 1.04. The van der Waals surface area contributed by atoms with Crippen LogP contribution in [-0.4, -0.2) is 41.8 Å². The second kappa shape index (κ2) is 9.81. The van der Waals surface area contributed by atoms with E-state index in [2.05, 4.69) is 0 Å². The quantitative estimate of drug-likeness (QED) is 0.736. The molecule has 1 aromatic rings. The highest BCUT2D eigenvalue weighted by Gasteiger charge is 2.36. The maximum atomic E-state index is 12.5. The molecular formula is C21H29BNO4. The number of ether oxygens (including phenoxy) is 1. The van der Waals surface area contributed by atoms with Gasteiger partial charge < -0.3 is 14.7 Å². The van der Waals surface area contributed by atoms with Crippen molar-refractivity contribution < 1.29 is 19.4 Å². The van der Waals surface area contributed by atoms with Crippen molar-refractivity contribution in [3.05, 3.63) is 35.9 Å². The molecule has 0 aromatic heterocycles. The number of carboxylic acid groups (broad SMARTS) is 1. The van der Waals surface area contributed by atoms with Gasteiger partial charge in [-0.25, -0.2) is 4.79 Å². The molecule has 1 heterocycles. The fourth-order valence-electron chi connectivity index (χ4n) is 4.34. The second-order valence-corrected chi connectivity index (χ2v) is 7.78. The average Bonchev–Trinajstić information content (AvgIpc) is 3.02. The van der Waals surface area contributed by atoms with E-state index in [1.54, 1.807) is 0 Å². The van der Waals surface area contributed by atoms with Crippen LogP contribution in [0.25, 0.3) is 0 Å².